The summed E-state index contributed by atoms with van der Waals surface area (Å²) in [4.78, 5) is 0. The van der Waals surface area contributed by atoms with Crippen LogP contribution in [0.3, 0.4) is 0 Å². The highest BCUT2D eigenvalue weighted by Crippen LogP contribution is 1.69. The van der Waals surface area contributed by atoms with Crippen LogP contribution in [-0.4, -0.2) is 7.05 Å². The van der Waals surface area contributed by atoms with E-state index in [1.807, 2.05) is 38.4 Å². The number of hydrogen-bond donors (Lipinski definition) is 1. The number of hydrogen-bond acceptors (Lipinski definition) is 1. The van der Waals surface area contributed by atoms with Gasteiger partial charge in [-0.3, -0.25) is 0 Å². The lowest BCUT2D eigenvalue weighted by Gasteiger charge is -1.77. The minimum absolute atomic E-state index is 1.88. The second kappa shape index (κ2) is 5.28. The maximum absolute atomic E-state index is 2.87. The van der Waals surface area contributed by atoms with E-state index in [2.05, 4.69) is 5.32 Å². The average molecular weight is 97.2 g/mol. The van der Waals surface area contributed by atoms with E-state index >= 15 is 0 Å². The van der Waals surface area contributed by atoms with Gasteiger partial charge in [-0.25, -0.2) is 0 Å². The Bertz CT molecular complexity index is 72.2. The molecule has 0 amide bonds. The highest BCUT2D eigenvalue weighted by molar-refractivity contribution is 4.99. The molecule has 0 rings (SSSR count). The third-order valence-electron chi connectivity index (χ3n) is 0.566. The zero-order valence-corrected chi connectivity index (χ0v) is 4.81. The first-order valence-corrected chi connectivity index (χ1v) is 2.37. The van der Waals surface area contributed by atoms with Gasteiger partial charge in [-0.15, -0.1) is 0 Å². The average Bonchev–Trinajstić information content (AvgIpc) is 1.69. The molecule has 1 heteroatoms. The van der Waals surface area contributed by atoms with Crippen molar-refractivity contribution in [3.05, 3.63) is 24.4 Å². The van der Waals surface area contributed by atoms with Crippen LogP contribution in [0.15, 0.2) is 24.4 Å². The molecule has 0 radical (unpaired) electrons. The van der Waals surface area contributed by atoms with Gasteiger partial charge >= 0.3 is 0 Å². The van der Waals surface area contributed by atoms with Crippen LogP contribution in [0.4, 0.5) is 0 Å². The largest absolute Gasteiger partial charge is 0.394 e. The monoisotopic (exact) mass is 97.1 g/mol. The molecule has 0 aliphatic carbocycles. The Morgan fingerprint density at radius 2 is 2.00 bits per heavy atom. The molecule has 0 atom stereocenters. The Morgan fingerprint density at radius 3 is 2.43 bits per heavy atom. The van der Waals surface area contributed by atoms with Crippen molar-refractivity contribution in [2.75, 3.05) is 7.05 Å². The van der Waals surface area contributed by atoms with E-state index in [0.717, 1.165) is 0 Å². The maximum Gasteiger partial charge on any atom is 0.00277 e. The van der Waals surface area contributed by atoms with Crippen LogP contribution in [0, 0.1) is 0 Å². The van der Waals surface area contributed by atoms with Crippen molar-refractivity contribution in [3.63, 3.8) is 0 Å². The molecule has 1 nitrogen and oxygen atoms in total. The molecule has 0 aromatic rings. The van der Waals surface area contributed by atoms with Gasteiger partial charge in [0.15, 0.2) is 0 Å². The number of rotatable bonds is 2. The van der Waals surface area contributed by atoms with Gasteiger partial charge in [0.05, 0.1) is 0 Å². The van der Waals surface area contributed by atoms with Crippen LogP contribution in [0.25, 0.3) is 0 Å². The Balaban J connectivity index is 3.09. The molecule has 1 N–H and O–H groups in total. The lowest BCUT2D eigenvalue weighted by molar-refractivity contribution is 1.10. The predicted molar refractivity (Wildman–Crippen MR) is 33.0 cm³/mol. The molecule has 0 aromatic carbocycles. The molecule has 0 saturated carbocycles. The van der Waals surface area contributed by atoms with Crippen molar-refractivity contribution in [2.45, 2.75) is 6.92 Å². The molecular formula is C6H11N. The molecular weight excluding hydrogens is 86.1 g/mol. The van der Waals surface area contributed by atoms with Gasteiger partial charge in [-0.05, 0) is 19.2 Å². The van der Waals surface area contributed by atoms with Gasteiger partial charge in [0.1, 0.15) is 0 Å². The van der Waals surface area contributed by atoms with Crippen LogP contribution in [-0.2, 0) is 0 Å². The van der Waals surface area contributed by atoms with Crippen molar-refractivity contribution in [2.24, 2.45) is 0 Å². The molecule has 0 saturated heterocycles. The molecule has 0 aromatic heterocycles. The molecule has 40 valence electrons. The summed E-state index contributed by atoms with van der Waals surface area (Å²) in [6.07, 6.45) is 7.77. The zero-order chi connectivity index (χ0) is 5.54. The summed E-state index contributed by atoms with van der Waals surface area (Å²) in [6.45, 7) is 1.99. The van der Waals surface area contributed by atoms with Crippen LogP contribution in [0.1, 0.15) is 6.92 Å². The van der Waals surface area contributed by atoms with Gasteiger partial charge < -0.3 is 5.32 Å². The molecule has 7 heavy (non-hydrogen) atoms. The van der Waals surface area contributed by atoms with Crippen molar-refractivity contribution >= 4 is 0 Å². The Kier molecular flexibility index (Phi) is 4.74. The van der Waals surface area contributed by atoms with E-state index in [4.69, 9.17) is 0 Å². The molecule has 0 fully saturated rings. The van der Waals surface area contributed by atoms with Crippen LogP contribution in [0.5, 0.6) is 0 Å². The van der Waals surface area contributed by atoms with E-state index in [1.165, 1.54) is 0 Å². The summed E-state index contributed by atoms with van der Waals surface area (Å²) in [6, 6.07) is 0. The summed E-state index contributed by atoms with van der Waals surface area (Å²) in [5.74, 6) is 0. The van der Waals surface area contributed by atoms with E-state index in [9.17, 15) is 0 Å². The molecule has 0 aliphatic rings. The van der Waals surface area contributed by atoms with Crippen molar-refractivity contribution in [3.8, 4) is 0 Å². The Labute approximate surface area is 44.7 Å². The maximum atomic E-state index is 2.87. The lowest BCUT2D eigenvalue weighted by Crippen LogP contribution is -1.89. The Morgan fingerprint density at radius 1 is 1.29 bits per heavy atom. The highest BCUT2D eigenvalue weighted by atomic mass is 14.8. The predicted octanol–water partition coefficient (Wildman–Crippen LogP) is 1.30. The molecule has 0 unspecified atom stereocenters. The minimum atomic E-state index is 1.88. The van der Waals surface area contributed by atoms with Crippen molar-refractivity contribution < 1.29 is 0 Å². The smallest absolute Gasteiger partial charge is 0.00277 e. The zero-order valence-electron chi connectivity index (χ0n) is 4.81. The molecule has 0 bridgehead atoms. The summed E-state index contributed by atoms with van der Waals surface area (Å²) < 4.78 is 0. The fraction of sp³-hybridized carbons (Fsp3) is 0.333. The molecule has 0 aliphatic heterocycles. The third-order valence-corrected chi connectivity index (χ3v) is 0.566. The number of allylic oxidation sites excluding steroid dienone is 3. The molecule has 0 spiro atoms. The summed E-state index contributed by atoms with van der Waals surface area (Å²) >= 11 is 0. The van der Waals surface area contributed by atoms with Gasteiger partial charge in [0.25, 0.3) is 0 Å². The highest BCUT2D eigenvalue weighted by Gasteiger charge is 1.54. The van der Waals surface area contributed by atoms with Gasteiger partial charge in [-0.2, -0.15) is 0 Å². The van der Waals surface area contributed by atoms with Gasteiger partial charge in [0.2, 0.25) is 0 Å². The second-order valence-corrected chi connectivity index (χ2v) is 1.17. The first-order valence-electron chi connectivity index (χ1n) is 2.37. The minimum Gasteiger partial charge on any atom is -0.394 e. The van der Waals surface area contributed by atoms with Crippen LogP contribution >= 0.6 is 0 Å². The fourth-order valence-electron chi connectivity index (χ4n) is 0.263. The summed E-state index contributed by atoms with van der Waals surface area (Å²) in [5, 5.41) is 2.87. The quantitative estimate of drug-likeness (QED) is 0.512. The third kappa shape index (κ3) is 5.28. The summed E-state index contributed by atoms with van der Waals surface area (Å²) in [5.41, 5.74) is 0. The topological polar surface area (TPSA) is 12.0 Å². The van der Waals surface area contributed by atoms with E-state index in [0.29, 0.717) is 0 Å². The van der Waals surface area contributed by atoms with E-state index in [1.54, 1.807) is 0 Å². The van der Waals surface area contributed by atoms with Gasteiger partial charge in [-0.1, -0.05) is 12.2 Å². The standard InChI is InChI=1S/C6H11N/c1-3-4-5-6-7-2/h3-7H,1-2H3. The van der Waals surface area contributed by atoms with Gasteiger partial charge in [0, 0.05) is 7.05 Å². The lowest BCUT2D eigenvalue weighted by atomic mass is 10.5. The fourth-order valence-corrected chi connectivity index (χ4v) is 0.263. The molecule has 0 heterocycles. The van der Waals surface area contributed by atoms with Crippen molar-refractivity contribution in [1.82, 2.24) is 5.32 Å². The van der Waals surface area contributed by atoms with Crippen molar-refractivity contribution in [1.29, 1.82) is 0 Å². The number of nitrogens with one attached hydrogen (secondary N) is 1. The normalized spacial score (nSPS) is 11.1. The van der Waals surface area contributed by atoms with Crippen LogP contribution < -0.4 is 5.32 Å². The van der Waals surface area contributed by atoms with E-state index in [-0.39, 0.29) is 0 Å². The Hall–Kier alpha value is -0.720. The van der Waals surface area contributed by atoms with Crippen LogP contribution in [0.2, 0.25) is 0 Å². The first kappa shape index (κ1) is 6.28. The summed E-state index contributed by atoms with van der Waals surface area (Å²) in [7, 11) is 1.88. The second-order valence-electron chi connectivity index (χ2n) is 1.17. The van der Waals surface area contributed by atoms with E-state index < -0.39 is 0 Å². The first-order chi connectivity index (χ1) is 3.41. The SMILES string of the molecule is CC=CC=CNC.